The molecule has 104 valence electrons. The molecule has 0 amide bonds. The zero-order valence-corrected chi connectivity index (χ0v) is 11.7. The fraction of sp³-hybridized carbons (Fsp3) is 0.562. The second kappa shape index (κ2) is 6.71. The highest BCUT2D eigenvalue weighted by atomic mass is 16.5. The fourth-order valence-electron chi connectivity index (χ4n) is 2.85. The molecule has 0 aromatic heterocycles. The van der Waals surface area contributed by atoms with E-state index < -0.39 is 5.54 Å². The number of ether oxygens (including phenoxy) is 1. The van der Waals surface area contributed by atoms with E-state index in [1.807, 2.05) is 18.2 Å². The van der Waals surface area contributed by atoms with Crippen molar-refractivity contribution in [1.29, 1.82) is 0 Å². The van der Waals surface area contributed by atoms with Crippen molar-refractivity contribution in [3.05, 3.63) is 35.9 Å². The molecule has 2 rings (SSSR count). The van der Waals surface area contributed by atoms with E-state index in [9.17, 15) is 4.79 Å². The SMILES string of the molecule is COC(=O)C1(NCc2ccccc2)CCCCCC1. The Hall–Kier alpha value is -1.35. The number of esters is 1. The Morgan fingerprint density at radius 1 is 1.16 bits per heavy atom. The van der Waals surface area contributed by atoms with Gasteiger partial charge in [-0.1, -0.05) is 56.0 Å². The average Bonchev–Trinajstić information content (AvgIpc) is 2.72. The number of hydrogen-bond donors (Lipinski definition) is 1. The molecule has 0 atom stereocenters. The van der Waals surface area contributed by atoms with Crippen molar-refractivity contribution >= 4 is 5.97 Å². The van der Waals surface area contributed by atoms with Crippen molar-refractivity contribution in [3.8, 4) is 0 Å². The van der Waals surface area contributed by atoms with E-state index >= 15 is 0 Å². The highest BCUT2D eigenvalue weighted by Gasteiger charge is 2.39. The molecule has 0 spiro atoms. The van der Waals surface area contributed by atoms with Crippen LogP contribution in [0.4, 0.5) is 0 Å². The summed E-state index contributed by atoms with van der Waals surface area (Å²) in [5, 5.41) is 3.47. The molecule has 0 saturated heterocycles. The summed E-state index contributed by atoms with van der Waals surface area (Å²) in [6.45, 7) is 0.718. The van der Waals surface area contributed by atoms with Crippen LogP contribution in [0.15, 0.2) is 30.3 Å². The van der Waals surface area contributed by atoms with Crippen molar-refractivity contribution in [1.82, 2.24) is 5.32 Å². The summed E-state index contributed by atoms with van der Waals surface area (Å²) in [7, 11) is 1.49. The van der Waals surface area contributed by atoms with E-state index in [2.05, 4.69) is 17.4 Å². The Kier molecular flexibility index (Phi) is 4.97. The Labute approximate surface area is 115 Å². The van der Waals surface area contributed by atoms with Gasteiger partial charge in [-0.15, -0.1) is 0 Å². The number of carbonyl (C=O) groups excluding carboxylic acids is 1. The standard InChI is InChI=1S/C16H23NO2/c1-19-15(18)16(11-7-2-3-8-12-16)17-13-14-9-5-4-6-10-14/h4-6,9-10,17H,2-3,7-8,11-13H2,1H3. The van der Waals surface area contributed by atoms with Crippen LogP contribution in [0, 0.1) is 0 Å². The van der Waals surface area contributed by atoms with Gasteiger partial charge in [0.05, 0.1) is 7.11 Å². The summed E-state index contributed by atoms with van der Waals surface area (Å²) in [5.74, 6) is -0.106. The highest BCUT2D eigenvalue weighted by Crippen LogP contribution is 2.28. The molecule has 0 radical (unpaired) electrons. The van der Waals surface area contributed by atoms with Crippen LogP contribution >= 0.6 is 0 Å². The molecule has 3 nitrogen and oxygen atoms in total. The lowest BCUT2D eigenvalue weighted by Crippen LogP contribution is -2.52. The zero-order chi connectivity index (χ0) is 13.6. The number of nitrogens with one attached hydrogen (secondary N) is 1. The molecule has 0 aliphatic heterocycles. The molecule has 1 fully saturated rings. The van der Waals surface area contributed by atoms with Crippen LogP contribution in [0.5, 0.6) is 0 Å². The minimum absolute atomic E-state index is 0.106. The number of hydrogen-bond acceptors (Lipinski definition) is 3. The minimum atomic E-state index is -0.485. The average molecular weight is 261 g/mol. The zero-order valence-electron chi connectivity index (χ0n) is 11.7. The Morgan fingerprint density at radius 2 is 1.79 bits per heavy atom. The number of methoxy groups -OCH3 is 1. The van der Waals surface area contributed by atoms with Crippen LogP contribution in [0.1, 0.15) is 44.1 Å². The molecule has 1 aromatic rings. The summed E-state index contributed by atoms with van der Waals surface area (Å²) in [4.78, 5) is 12.2. The summed E-state index contributed by atoms with van der Waals surface area (Å²) in [6, 6.07) is 10.2. The van der Waals surface area contributed by atoms with Gasteiger partial charge in [0.1, 0.15) is 5.54 Å². The molecular formula is C16H23NO2. The maximum absolute atomic E-state index is 12.2. The van der Waals surface area contributed by atoms with Crippen molar-refractivity contribution in [3.63, 3.8) is 0 Å². The predicted octanol–water partition coefficient (Wildman–Crippen LogP) is 3.04. The van der Waals surface area contributed by atoms with E-state index in [4.69, 9.17) is 4.74 Å². The number of benzene rings is 1. The first-order valence-corrected chi connectivity index (χ1v) is 7.14. The number of rotatable bonds is 4. The lowest BCUT2D eigenvalue weighted by molar-refractivity contribution is -0.149. The monoisotopic (exact) mass is 261 g/mol. The molecule has 3 heteroatoms. The Bertz CT molecular complexity index is 394. The summed E-state index contributed by atoms with van der Waals surface area (Å²) >= 11 is 0. The van der Waals surface area contributed by atoms with Gasteiger partial charge in [0, 0.05) is 6.54 Å². The van der Waals surface area contributed by atoms with Gasteiger partial charge in [-0.25, -0.2) is 0 Å². The lowest BCUT2D eigenvalue weighted by atomic mass is 9.90. The van der Waals surface area contributed by atoms with E-state index in [1.54, 1.807) is 0 Å². The molecule has 1 saturated carbocycles. The van der Waals surface area contributed by atoms with E-state index in [-0.39, 0.29) is 5.97 Å². The van der Waals surface area contributed by atoms with Crippen LogP contribution in [-0.4, -0.2) is 18.6 Å². The second-order valence-corrected chi connectivity index (χ2v) is 5.33. The van der Waals surface area contributed by atoms with Gasteiger partial charge in [0.15, 0.2) is 0 Å². The molecular weight excluding hydrogens is 238 g/mol. The van der Waals surface area contributed by atoms with E-state index in [0.29, 0.717) is 0 Å². The van der Waals surface area contributed by atoms with E-state index in [0.717, 1.165) is 32.2 Å². The largest absolute Gasteiger partial charge is 0.468 e. The van der Waals surface area contributed by atoms with Crippen molar-refractivity contribution in [2.45, 2.75) is 50.6 Å². The Morgan fingerprint density at radius 3 is 2.37 bits per heavy atom. The molecule has 0 unspecified atom stereocenters. The van der Waals surface area contributed by atoms with Gasteiger partial charge in [-0.2, -0.15) is 0 Å². The van der Waals surface area contributed by atoms with Gasteiger partial charge in [-0.3, -0.25) is 10.1 Å². The molecule has 1 N–H and O–H groups in total. The van der Waals surface area contributed by atoms with Gasteiger partial charge in [-0.05, 0) is 18.4 Å². The molecule has 1 aromatic carbocycles. The maximum Gasteiger partial charge on any atom is 0.326 e. The van der Waals surface area contributed by atoms with Gasteiger partial charge < -0.3 is 4.74 Å². The smallest absolute Gasteiger partial charge is 0.326 e. The van der Waals surface area contributed by atoms with Gasteiger partial charge >= 0.3 is 5.97 Å². The van der Waals surface area contributed by atoms with Gasteiger partial charge in [0.25, 0.3) is 0 Å². The van der Waals surface area contributed by atoms with Crippen molar-refractivity contribution in [2.24, 2.45) is 0 Å². The van der Waals surface area contributed by atoms with Crippen LogP contribution in [-0.2, 0) is 16.1 Å². The van der Waals surface area contributed by atoms with Crippen LogP contribution in [0.3, 0.4) is 0 Å². The third kappa shape index (κ3) is 3.57. The Balaban J connectivity index is 2.07. The first kappa shape index (κ1) is 14.1. The fourth-order valence-corrected chi connectivity index (χ4v) is 2.85. The maximum atomic E-state index is 12.2. The van der Waals surface area contributed by atoms with Crippen molar-refractivity contribution < 1.29 is 9.53 Å². The third-order valence-electron chi connectivity index (χ3n) is 4.01. The third-order valence-corrected chi connectivity index (χ3v) is 4.01. The molecule has 1 aliphatic carbocycles. The minimum Gasteiger partial charge on any atom is -0.468 e. The second-order valence-electron chi connectivity index (χ2n) is 5.33. The van der Waals surface area contributed by atoms with Crippen LogP contribution < -0.4 is 5.32 Å². The first-order valence-electron chi connectivity index (χ1n) is 7.14. The van der Waals surface area contributed by atoms with Crippen LogP contribution in [0.25, 0.3) is 0 Å². The quantitative estimate of drug-likeness (QED) is 0.669. The number of carbonyl (C=O) groups is 1. The topological polar surface area (TPSA) is 38.3 Å². The predicted molar refractivity (Wildman–Crippen MR) is 75.7 cm³/mol. The van der Waals surface area contributed by atoms with E-state index in [1.165, 1.54) is 25.5 Å². The summed E-state index contributed by atoms with van der Waals surface area (Å²) in [5.41, 5.74) is 0.719. The highest BCUT2D eigenvalue weighted by molar-refractivity contribution is 5.80. The molecule has 0 heterocycles. The lowest BCUT2D eigenvalue weighted by Gasteiger charge is -2.31. The van der Waals surface area contributed by atoms with Crippen molar-refractivity contribution in [2.75, 3.05) is 7.11 Å². The summed E-state index contributed by atoms with van der Waals surface area (Å²) < 4.78 is 5.04. The summed E-state index contributed by atoms with van der Waals surface area (Å²) in [6.07, 6.45) is 6.38. The molecule has 1 aliphatic rings. The normalized spacial score (nSPS) is 18.6. The first-order chi connectivity index (χ1) is 9.27. The van der Waals surface area contributed by atoms with Crippen LogP contribution in [0.2, 0.25) is 0 Å². The van der Waals surface area contributed by atoms with Gasteiger partial charge in [0.2, 0.25) is 0 Å². The molecule has 0 bridgehead atoms. The molecule has 19 heavy (non-hydrogen) atoms.